The standard InChI is InChI=1S/C19H21N3O4/c1-22(10-15-12-25-16-4-2-3-5-17(16)26-15)11-18(23)21-14-8-6-13(7-9-14)19(20)24/h2-9,15H,10-12H2,1H3,(H2,20,24)(H,21,23)/t15-/m0/s1. The average molecular weight is 355 g/mol. The fourth-order valence-corrected chi connectivity index (χ4v) is 2.73. The lowest BCUT2D eigenvalue weighted by atomic mass is 10.2. The number of ether oxygens (including phenoxy) is 2. The molecule has 0 fully saturated rings. The molecular weight excluding hydrogens is 334 g/mol. The van der Waals surface area contributed by atoms with Crippen molar-refractivity contribution < 1.29 is 19.1 Å². The van der Waals surface area contributed by atoms with Crippen LogP contribution in [0.2, 0.25) is 0 Å². The van der Waals surface area contributed by atoms with Crippen molar-refractivity contribution in [3.63, 3.8) is 0 Å². The molecule has 2 aromatic carbocycles. The van der Waals surface area contributed by atoms with Gasteiger partial charge < -0.3 is 20.5 Å². The predicted octanol–water partition coefficient (Wildman–Crippen LogP) is 1.50. The molecule has 136 valence electrons. The van der Waals surface area contributed by atoms with E-state index in [-0.39, 0.29) is 18.6 Å². The Labute approximate surface area is 151 Å². The normalized spacial score (nSPS) is 15.5. The molecule has 2 amide bonds. The molecule has 0 unspecified atom stereocenters. The van der Waals surface area contributed by atoms with Gasteiger partial charge in [0, 0.05) is 17.8 Å². The van der Waals surface area contributed by atoms with Crippen LogP contribution in [0.15, 0.2) is 48.5 Å². The predicted molar refractivity (Wildman–Crippen MR) is 97.4 cm³/mol. The maximum absolute atomic E-state index is 12.2. The van der Waals surface area contributed by atoms with Gasteiger partial charge in [0.1, 0.15) is 12.7 Å². The second kappa shape index (κ2) is 7.88. The zero-order valence-electron chi connectivity index (χ0n) is 14.5. The summed E-state index contributed by atoms with van der Waals surface area (Å²) in [5, 5.41) is 2.79. The summed E-state index contributed by atoms with van der Waals surface area (Å²) in [6.07, 6.45) is -0.141. The van der Waals surface area contributed by atoms with E-state index < -0.39 is 5.91 Å². The molecule has 26 heavy (non-hydrogen) atoms. The molecule has 7 nitrogen and oxygen atoms in total. The first-order chi connectivity index (χ1) is 12.5. The van der Waals surface area contributed by atoms with E-state index in [0.29, 0.717) is 24.4 Å². The van der Waals surface area contributed by atoms with Gasteiger partial charge >= 0.3 is 0 Å². The molecule has 0 radical (unpaired) electrons. The number of fused-ring (bicyclic) bond motifs is 1. The molecule has 0 saturated heterocycles. The zero-order chi connectivity index (χ0) is 18.5. The van der Waals surface area contributed by atoms with Gasteiger partial charge in [-0.15, -0.1) is 0 Å². The van der Waals surface area contributed by atoms with Crippen LogP contribution in [0.3, 0.4) is 0 Å². The number of amides is 2. The number of nitrogens with zero attached hydrogens (tertiary/aromatic N) is 1. The van der Waals surface area contributed by atoms with Gasteiger partial charge in [-0.05, 0) is 43.4 Å². The van der Waals surface area contributed by atoms with Gasteiger partial charge in [-0.2, -0.15) is 0 Å². The molecule has 0 aromatic heterocycles. The van der Waals surface area contributed by atoms with Crippen LogP contribution in [-0.2, 0) is 4.79 Å². The molecule has 0 bridgehead atoms. The Morgan fingerprint density at radius 1 is 1.15 bits per heavy atom. The third-order valence-electron chi connectivity index (χ3n) is 3.95. The van der Waals surface area contributed by atoms with Gasteiger partial charge in [-0.3, -0.25) is 14.5 Å². The van der Waals surface area contributed by atoms with Gasteiger partial charge in [0.15, 0.2) is 11.5 Å². The number of anilines is 1. The van der Waals surface area contributed by atoms with Crippen molar-refractivity contribution in [2.45, 2.75) is 6.10 Å². The summed E-state index contributed by atoms with van der Waals surface area (Å²) in [7, 11) is 1.85. The third-order valence-corrected chi connectivity index (χ3v) is 3.95. The number of carbonyl (C=O) groups is 2. The van der Waals surface area contributed by atoms with Crippen molar-refractivity contribution in [1.29, 1.82) is 0 Å². The molecule has 0 spiro atoms. The average Bonchev–Trinajstić information content (AvgIpc) is 2.61. The van der Waals surface area contributed by atoms with Crippen LogP contribution in [0.25, 0.3) is 0 Å². The lowest BCUT2D eigenvalue weighted by Crippen LogP contribution is -2.42. The quantitative estimate of drug-likeness (QED) is 0.819. The van der Waals surface area contributed by atoms with Crippen molar-refractivity contribution >= 4 is 17.5 Å². The van der Waals surface area contributed by atoms with Crippen molar-refractivity contribution in [3.8, 4) is 11.5 Å². The van der Waals surface area contributed by atoms with Crippen LogP contribution in [0.1, 0.15) is 10.4 Å². The van der Waals surface area contributed by atoms with E-state index in [0.717, 1.165) is 11.5 Å². The third kappa shape index (κ3) is 4.52. The van der Waals surface area contributed by atoms with Crippen molar-refractivity contribution in [2.24, 2.45) is 5.73 Å². The summed E-state index contributed by atoms with van der Waals surface area (Å²) in [6, 6.07) is 14.0. The van der Waals surface area contributed by atoms with Gasteiger partial charge in [0.05, 0.1) is 6.54 Å². The first kappa shape index (κ1) is 17.8. The number of likely N-dealkylation sites (N-methyl/N-ethyl adjacent to an activating group) is 1. The van der Waals surface area contributed by atoms with Crippen molar-refractivity contribution in [3.05, 3.63) is 54.1 Å². The van der Waals surface area contributed by atoms with E-state index in [1.165, 1.54) is 0 Å². The van der Waals surface area contributed by atoms with Crippen LogP contribution in [0.4, 0.5) is 5.69 Å². The largest absolute Gasteiger partial charge is 0.486 e. The molecule has 1 aliphatic rings. The number of hydrogen-bond donors (Lipinski definition) is 2. The fourth-order valence-electron chi connectivity index (χ4n) is 2.73. The molecule has 2 aromatic rings. The Hall–Kier alpha value is -3.06. The summed E-state index contributed by atoms with van der Waals surface area (Å²) < 4.78 is 11.6. The minimum atomic E-state index is -0.501. The number of hydrogen-bond acceptors (Lipinski definition) is 5. The highest BCUT2D eigenvalue weighted by Crippen LogP contribution is 2.30. The van der Waals surface area contributed by atoms with Crippen molar-refractivity contribution in [2.75, 3.05) is 32.1 Å². The molecule has 3 N–H and O–H groups in total. The van der Waals surface area contributed by atoms with Crippen LogP contribution in [0, 0.1) is 0 Å². The van der Waals surface area contributed by atoms with Gasteiger partial charge in [0.2, 0.25) is 11.8 Å². The number of primary amides is 1. The Bertz CT molecular complexity index is 792. The number of rotatable bonds is 6. The number of nitrogens with one attached hydrogen (secondary N) is 1. The molecule has 0 aliphatic carbocycles. The van der Waals surface area contributed by atoms with Gasteiger partial charge in [-0.25, -0.2) is 0 Å². The first-order valence-corrected chi connectivity index (χ1v) is 8.28. The van der Waals surface area contributed by atoms with E-state index in [9.17, 15) is 9.59 Å². The summed E-state index contributed by atoms with van der Waals surface area (Å²) in [5.41, 5.74) is 6.20. The van der Waals surface area contributed by atoms with E-state index in [2.05, 4.69) is 5.32 Å². The Balaban J connectivity index is 1.48. The monoisotopic (exact) mass is 355 g/mol. The van der Waals surface area contributed by atoms with Crippen molar-refractivity contribution in [1.82, 2.24) is 4.90 Å². The van der Waals surface area contributed by atoms with Gasteiger partial charge in [0.25, 0.3) is 0 Å². The molecular formula is C19H21N3O4. The Morgan fingerprint density at radius 2 is 1.85 bits per heavy atom. The maximum atomic E-state index is 12.2. The molecule has 7 heteroatoms. The second-order valence-corrected chi connectivity index (χ2v) is 6.18. The lowest BCUT2D eigenvalue weighted by Gasteiger charge is -2.29. The SMILES string of the molecule is CN(CC(=O)Nc1ccc(C(N)=O)cc1)C[C@H]1COc2ccccc2O1. The number of benzene rings is 2. The first-order valence-electron chi connectivity index (χ1n) is 8.28. The second-order valence-electron chi connectivity index (χ2n) is 6.18. The lowest BCUT2D eigenvalue weighted by molar-refractivity contribution is -0.117. The van der Waals surface area contributed by atoms with E-state index in [1.807, 2.05) is 36.2 Å². The highest BCUT2D eigenvalue weighted by molar-refractivity contribution is 5.95. The molecule has 1 aliphatic heterocycles. The Morgan fingerprint density at radius 3 is 2.54 bits per heavy atom. The van der Waals surface area contributed by atoms with Crippen LogP contribution < -0.4 is 20.5 Å². The maximum Gasteiger partial charge on any atom is 0.248 e. The highest BCUT2D eigenvalue weighted by Gasteiger charge is 2.22. The topological polar surface area (TPSA) is 93.9 Å². The minimum Gasteiger partial charge on any atom is -0.486 e. The smallest absolute Gasteiger partial charge is 0.248 e. The number of para-hydroxylation sites is 2. The fraction of sp³-hybridized carbons (Fsp3) is 0.263. The van der Waals surface area contributed by atoms with Gasteiger partial charge in [-0.1, -0.05) is 12.1 Å². The molecule has 3 rings (SSSR count). The summed E-state index contributed by atoms with van der Waals surface area (Å²) >= 11 is 0. The number of nitrogens with two attached hydrogens (primary N) is 1. The highest BCUT2D eigenvalue weighted by atomic mass is 16.6. The van der Waals surface area contributed by atoms with Crippen LogP contribution in [-0.4, -0.2) is 49.6 Å². The summed E-state index contributed by atoms with van der Waals surface area (Å²) in [6.45, 7) is 1.21. The molecule has 0 saturated carbocycles. The minimum absolute atomic E-state index is 0.141. The van der Waals surface area contributed by atoms with E-state index in [1.54, 1.807) is 24.3 Å². The summed E-state index contributed by atoms with van der Waals surface area (Å²) in [4.78, 5) is 25.1. The van der Waals surface area contributed by atoms with Crippen LogP contribution in [0.5, 0.6) is 11.5 Å². The zero-order valence-corrected chi connectivity index (χ0v) is 14.5. The summed E-state index contributed by atoms with van der Waals surface area (Å²) in [5.74, 6) is 0.801. The van der Waals surface area contributed by atoms with E-state index >= 15 is 0 Å². The number of carbonyl (C=O) groups excluding carboxylic acids is 2. The Kier molecular flexibility index (Phi) is 5.38. The van der Waals surface area contributed by atoms with Crippen LogP contribution >= 0.6 is 0 Å². The van der Waals surface area contributed by atoms with E-state index in [4.69, 9.17) is 15.2 Å². The molecule has 1 atom stereocenters. The molecule has 1 heterocycles.